The van der Waals surface area contributed by atoms with E-state index < -0.39 is 0 Å². The molecule has 2 aromatic carbocycles. The van der Waals surface area contributed by atoms with Crippen LogP contribution in [0.3, 0.4) is 0 Å². The van der Waals surface area contributed by atoms with Crippen LogP contribution in [0, 0.1) is 0 Å². The topological polar surface area (TPSA) is 48.1 Å². The highest BCUT2D eigenvalue weighted by Crippen LogP contribution is 2.33. The van der Waals surface area contributed by atoms with Gasteiger partial charge in [-0.3, -0.25) is 4.79 Å². The maximum atomic E-state index is 12.0. The van der Waals surface area contributed by atoms with E-state index in [2.05, 4.69) is 61.6 Å². The minimum atomic E-state index is -0.0210. The fourth-order valence-corrected chi connectivity index (χ4v) is 4.82. The van der Waals surface area contributed by atoms with Crippen molar-refractivity contribution in [1.82, 2.24) is 15.2 Å². The molecular weight excluding hydrogens is 462 g/mol. The number of piperidine rings is 1. The van der Waals surface area contributed by atoms with Gasteiger partial charge in [0.15, 0.2) is 0 Å². The lowest BCUT2D eigenvalue weighted by molar-refractivity contribution is -0.116. The molecule has 1 aliphatic heterocycles. The molecule has 0 aliphatic carbocycles. The Kier molecular flexibility index (Phi) is 8.18. The first-order chi connectivity index (χ1) is 15.7. The Morgan fingerprint density at radius 3 is 2.66 bits per heavy atom. The van der Waals surface area contributed by atoms with Crippen molar-refractivity contribution in [2.75, 3.05) is 26.2 Å². The lowest BCUT2D eigenvalue weighted by atomic mass is 9.89. The molecule has 168 valence electrons. The molecule has 2 N–H and O–H groups in total. The van der Waals surface area contributed by atoms with Crippen LogP contribution < -0.4 is 5.32 Å². The van der Waals surface area contributed by atoms with Gasteiger partial charge in [-0.2, -0.15) is 0 Å². The van der Waals surface area contributed by atoms with Crippen molar-refractivity contribution in [3.8, 4) is 0 Å². The van der Waals surface area contributed by atoms with Crippen molar-refractivity contribution in [3.63, 3.8) is 0 Å². The number of likely N-dealkylation sites (tertiary alicyclic amines) is 1. The van der Waals surface area contributed by atoms with Gasteiger partial charge >= 0.3 is 0 Å². The summed E-state index contributed by atoms with van der Waals surface area (Å²) in [7, 11) is 0. The molecule has 0 atom stereocenters. The average Bonchev–Trinajstić information content (AvgIpc) is 3.25. The van der Waals surface area contributed by atoms with E-state index in [1.807, 2.05) is 30.3 Å². The van der Waals surface area contributed by atoms with E-state index in [0.717, 1.165) is 36.0 Å². The molecule has 0 saturated carbocycles. The van der Waals surface area contributed by atoms with Crippen LogP contribution in [0.5, 0.6) is 0 Å². The fraction of sp³-hybridized carbons (Fsp3) is 0.370. The molecule has 1 amide bonds. The molecule has 3 aromatic rings. The number of benzene rings is 2. The van der Waals surface area contributed by atoms with E-state index in [1.54, 1.807) is 6.08 Å². The third kappa shape index (κ3) is 6.33. The zero-order valence-corrected chi connectivity index (χ0v) is 20.1. The zero-order valence-electron chi connectivity index (χ0n) is 18.5. The summed E-state index contributed by atoms with van der Waals surface area (Å²) in [4.78, 5) is 18.0. The Morgan fingerprint density at radius 2 is 1.84 bits per heavy atom. The minimum Gasteiger partial charge on any atom is -0.361 e. The number of nitrogens with one attached hydrogen (secondary N) is 2. The molecule has 5 heteroatoms. The number of hydrogen-bond acceptors (Lipinski definition) is 2. The molecule has 32 heavy (non-hydrogen) atoms. The van der Waals surface area contributed by atoms with E-state index in [0.29, 0.717) is 5.92 Å². The predicted octanol–water partition coefficient (Wildman–Crippen LogP) is 6.11. The molecule has 0 bridgehead atoms. The number of H-pyrrole nitrogens is 1. The average molecular weight is 494 g/mol. The summed E-state index contributed by atoms with van der Waals surface area (Å²) >= 11 is 3.42. The van der Waals surface area contributed by atoms with Gasteiger partial charge in [-0.15, -0.1) is 0 Å². The van der Waals surface area contributed by atoms with E-state index in [4.69, 9.17) is 0 Å². The number of hydrogen-bond donors (Lipinski definition) is 2. The molecule has 0 radical (unpaired) electrons. The highest BCUT2D eigenvalue weighted by molar-refractivity contribution is 9.10. The monoisotopic (exact) mass is 493 g/mol. The number of aromatic nitrogens is 1. The van der Waals surface area contributed by atoms with Crippen LogP contribution in [0.1, 0.15) is 49.1 Å². The van der Waals surface area contributed by atoms with E-state index in [-0.39, 0.29) is 5.91 Å². The van der Waals surface area contributed by atoms with E-state index in [9.17, 15) is 4.79 Å². The van der Waals surface area contributed by atoms with Gasteiger partial charge < -0.3 is 15.2 Å². The number of nitrogens with zero attached hydrogens (tertiary/aromatic N) is 1. The molecule has 4 nitrogen and oxygen atoms in total. The van der Waals surface area contributed by atoms with Gasteiger partial charge in [-0.05, 0) is 86.6 Å². The Balaban J connectivity index is 1.08. The van der Waals surface area contributed by atoms with Crippen LogP contribution >= 0.6 is 15.9 Å². The predicted molar refractivity (Wildman–Crippen MR) is 137 cm³/mol. The molecule has 0 unspecified atom stereocenters. The van der Waals surface area contributed by atoms with E-state index in [1.165, 1.54) is 48.8 Å². The fourth-order valence-electron chi connectivity index (χ4n) is 4.55. The van der Waals surface area contributed by atoms with Crippen LogP contribution in [0.15, 0.2) is 65.3 Å². The third-order valence-electron chi connectivity index (χ3n) is 6.40. The summed E-state index contributed by atoms with van der Waals surface area (Å²) in [6.45, 7) is 4.27. The lowest BCUT2D eigenvalue weighted by Crippen LogP contribution is -2.33. The number of fused-ring (bicyclic) bond motifs is 1. The quantitative estimate of drug-likeness (QED) is 0.279. The molecule has 0 spiro atoms. The summed E-state index contributed by atoms with van der Waals surface area (Å²) in [6.07, 6.45) is 11.5. The summed E-state index contributed by atoms with van der Waals surface area (Å²) in [5, 5.41) is 4.38. The van der Waals surface area contributed by atoms with E-state index >= 15 is 0 Å². The largest absolute Gasteiger partial charge is 0.361 e. The van der Waals surface area contributed by atoms with Gasteiger partial charge in [-0.25, -0.2) is 0 Å². The van der Waals surface area contributed by atoms with Gasteiger partial charge in [0.25, 0.3) is 0 Å². The van der Waals surface area contributed by atoms with Crippen molar-refractivity contribution in [1.29, 1.82) is 0 Å². The first kappa shape index (κ1) is 22.8. The zero-order chi connectivity index (χ0) is 22.2. The molecule has 1 fully saturated rings. The molecule has 1 aliphatic rings. The Labute approximate surface area is 199 Å². The number of unbranched alkanes of at least 4 members (excludes halogenated alkanes) is 2. The second-order valence-electron chi connectivity index (χ2n) is 8.64. The smallest absolute Gasteiger partial charge is 0.243 e. The van der Waals surface area contributed by atoms with Crippen molar-refractivity contribution in [3.05, 3.63) is 76.4 Å². The molecule has 1 aromatic heterocycles. The summed E-state index contributed by atoms with van der Waals surface area (Å²) in [5.74, 6) is 0.648. The maximum Gasteiger partial charge on any atom is 0.243 e. The van der Waals surface area contributed by atoms with Crippen molar-refractivity contribution < 1.29 is 4.79 Å². The van der Waals surface area contributed by atoms with Crippen LogP contribution in [-0.4, -0.2) is 42.0 Å². The third-order valence-corrected chi connectivity index (χ3v) is 6.92. The van der Waals surface area contributed by atoms with Gasteiger partial charge in [0.1, 0.15) is 0 Å². The molecule has 4 rings (SSSR count). The molecular formula is C27H32BrN3O. The van der Waals surface area contributed by atoms with Crippen LogP contribution in [0.25, 0.3) is 17.0 Å². The standard InChI is InChI=1S/C27H32BrN3O/c28-23-11-8-21(9-12-23)10-13-27(32)29-16-4-1-5-17-31-18-14-22(15-19-31)25-20-30-26-7-3-2-6-24(25)26/h2-3,6-13,20,22,30H,1,4-5,14-19H2,(H,29,32)/b13-10+. The van der Waals surface area contributed by atoms with Crippen LogP contribution in [-0.2, 0) is 4.79 Å². The second kappa shape index (κ2) is 11.5. The number of para-hydroxylation sites is 1. The van der Waals surface area contributed by atoms with Gasteiger partial charge in [0.05, 0.1) is 0 Å². The Bertz CT molecular complexity index is 1030. The van der Waals surface area contributed by atoms with Gasteiger partial charge in [-0.1, -0.05) is 52.7 Å². The summed E-state index contributed by atoms with van der Waals surface area (Å²) in [5.41, 5.74) is 3.77. The number of amides is 1. The molecule has 1 saturated heterocycles. The summed E-state index contributed by atoms with van der Waals surface area (Å²) < 4.78 is 1.04. The number of carbonyl (C=O) groups is 1. The normalized spacial score (nSPS) is 15.5. The minimum absolute atomic E-state index is 0.0210. The Morgan fingerprint density at radius 1 is 1.06 bits per heavy atom. The highest BCUT2D eigenvalue weighted by Gasteiger charge is 2.22. The van der Waals surface area contributed by atoms with Crippen molar-refractivity contribution in [2.24, 2.45) is 0 Å². The van der Waals surface area contributed by atoms with Gasteiger partial charge in [0, 0.05) is 34.2 Å². The highest BCUT2D eigenvalue weighted by atomic mass is 79.9. The van der Waals surface area contributed by atoms with Crippen LogP contribution in [0.4, 0.5) is 0 Å². The first-order valence-corrected chi connectivity index (χ1v) is 12.5. The number of carbonyl (C=O) groups excluding carboxylic acids is 1. The maximum absolute atomic E-state index is 12.0. The lowest BCUT2D eigenvalue weighted by Gasteiger charge is -2.32. The van der Waals surface area contributed by atoms with Gasteiger partial charge in [0.2, 0.25) is 5.91 Å². The number of aromatic amines is 1. The molecule has 2 heterocycles. The second-order valence-corrected chi connectivity index (χ2v) is 9.56. The van der Waals surface area contributed by atoms with Crippen molar-refractivity contribution >= 4 is 38.8 Å². The SMILES string of the molecule is O=C(/C=C/c1ccc(Br)cc1)NCCCCCN1CCC(c2c[nH]c3ccccc23)CC1. The number of rotatable bonds is 9. The van der Waals surface area contributed by atoms with Crippen LogP contribution in [0.2, 0.25) is 0 Å². The Hall–Kier alpha value is -2.37. The van der Waals surface area contributed by atoms with Crippen molar-refractivity contribution in [2.45, 2.75) is 38.0 Å². The summed E-state index contributed by atoms with van der Waals surface area (Å²) in [6, 6.07) is 16.5. The number of halogens is 1. The first-order valence-electron chi connectivity index (χ1n) is 11.7.